The highest BCUT2D eigenvalue weighted by Crippen LogP contribution is 2.61. The van der Waals surface area contributed by atoms with Crippen LogP contribution in [0.2, 0.25) is 0 Å². The van der Waals surface area contributed by atoms with Crippen molar-refractivity contribution in [2.45, 2.75) is 22.9 Å². The number of nitrogens with one attached hydrogen (secondary N) is 4. The summed E-state index contributed by atoms with van der Waals surface area (Å²) in [5, 5.41) is 10.2. The van der Waals surface area contributed by atoms with E-state index in [0.29, 0.717) is 11.1 Å². The van der Waals surface area contributed by atoms with Crippen LogP contribution in [0.3, 0.4) is 0 Å². The smallest absolute Gasteiger partial charge is 0.321 e. The molecule has 8 heteroatoms. The van der Waals surface area contributed by atoms with Gasteiger partial charge in [0.15, 0.2) is 0 Å². The van der Waals surface area contributed by atoms with Crippen molar-refractivity contribution in [2.24, 2.45) is 0 Å². The highest BCUT2D eigenvalue weighted by Gasteiger charge is 2.83. The van der Waals surface area contributed by atoms with Crippen LogP contribution in [0.25, 0.3) is 0 Å². The molecule has 1 saturated carbocycles. The van der Waals surface area contributed by atoms with E-state index in [2.05, 4.69) is 21.3 Å². The average Bonchev–Trinajstić information content (AvgIpc) is 2.68. The molecule has 0 unspecified atom stereocenters. The molecule has 3 aliphatic rings. The Bertz CT molecular complexity index is 942. The van der Waals surface area contributed by atoms with E-state index in [9.17, 15) is 19.2 Å². The van der Waals surface area contributed by atoms with Crippen molar-refractivity contribution in [2.75, 3.05) is 0 Å². The molecule has 2 aromatic carbocycles. The molecule has 2 aromatic rings. The first-order valence-corrected chi connectivity index (χ1v) is 8.88. The van der Waals surface area contributed by atoms with Gasteiger partial charge in [-0.05, 0) is 11.1 Å². The SMILES string of the molecule is O=C1NC(=O)[C@]2(c3ccccc3)[C@H](N1)[C@@H]1NC(=O)NC(=O)[C@@]12c1ccccc1. The molecule has 5 rings (SSSR count). The third-order valence-corrected chi connectivity index (χ3v) is 6.09. The van der Waals surface area contributed by atoms with Crippen LogP contribution >= 0.6 is 0 Å². The Morgan fingerprint density at radius 2 is 0.929 bits per heavy atom. The van der Waals surface area contributed by atoms with Crippen LogP contribution in [0.15, 0.2) is 60.7 Å². The molecule has 1 aliphatic carbocycles. The standard InChI is InChI=1S/C20H16N4O4/c25-15-19(11-7-3-1-4-8-11)13(21-17(27)23-15)14-20(19,12-9-5-2-6-10-12)16(26)24-18(28)22-14/h1-10,13-14H,(H2,21,23,25,27)(H2,22,24,26,28)/t13-,14+,19+,20-. The summed E-state index contributed by atoms with van der Waals surface area (Å²) in [6.07, 6.45) is 0. The van der Waals surface area contributed by atoms with Crippen molar-refractivity contribution in [3.05, 3.63) is 71.8 Å². The lowest BCUT2D eigenvalue weighted by Gasteiger charge is -2.69. The first-order valence-electron chi connectivity index (χ1n) is 8.88. The number of urea groups is 2. The Labute approximate surface area is 159 Å². The molecule has 3 fully saturated rings. The molecule has 2 saturated heterocycles. The number of carbonyl (C=O) groups excluding carboxylic acids is 4. The Morgan fingerprint density at radius 1 is 0.571 bits per heavy atom. The van der Waals surface area contributed by atoms with Crippen LogP contribution < -0.4 is 21.3 Å². The quantitative estimate of drug-likeness (QED) is 0.603. The highest BCUT2D eigenvalue weighted by atomic mass is 16.2. The molecule has 6 amide bonds. The number of carbonyl (C=O) groups is 4. The molecule has 4 atom stereocenters. The molecular formula is C20H16N4O4. The number of benzene rings is 2. The third kappa shape index (κ3) is 1.70. The zero-order valence-electron chi connectivity index (χ0n) is 14.6. The lowest BCUT2D eigenvalue weighted by molar-refractivity contribution is -0.158. The predicted molar refractivity (Wildman–Crippen MR) is 97.2 cm³/mol. The Balaban J connectivity index is 1.85. The van der Waals surface area contributed by atoms with Gasteiger partial charge in [0.2, 0.25) is 11.8 Å². The molecule has 0 spiro atoms. The first-order chi connectivity index (χ1) is 13.5. The zero-order valence-corrected chi connectivity index (χ0v) is 14.6. The average molecular weight is 376 g/mol. The van der Waals surface area contributed by atoms with Crippen LogP contribution in [0.1, 0.15) is 11.1 Å². The maximum Gasteiger partial charge on any atom is 0.321 e. The van der Waals surface area contributed by atoms with E-state index in [4.69, 9.17) is 0 Å². The van der Waals surface area contributed by atoms with Gasteiger partial charge in [-0.2, -0.15) is 0 Å². The topological polar surface area (TPSA) is 116 Å². The zero-order chi connectivity index (χ0) is 19.5. The maximum absolute atomic E-state index is 13.4. The van der Waals surface area contributed by atoms with E-state index in [-0.39, 0.29) is 0 Å². The minimum Gasteiger partial charge on any atom is -0.331 e. The van der Waals surface area contributed by atoms with Crippen molar-refractivity contribution < 1.29 is 19.2 Å². The van der Waals surface area contributed by atoms with Gasteiger partial charge in [0.1, 0.15) is 10.8 Å². The minimum absolute atomic E-state index is 0.571. The molecular weight excluding hydrogens is 360 g/mol. The van der Waals surface area contributed by atoms with Gasteiger partial charge in [0, 0.05) is 0 Å². The molecule has 2 heterocycles. The number of hydrogen-bond donors (Lipinski definition) is 4. The second kappa shape index (κ2) is 5.41. The van der Waals surface area contributed by atoms with Gasteiger partial charge in [0.05, 0.1) is 12.1 Å². The summed E-state index contributed by atoms with van der Waals surface area (Å²) >= 11 is 0. The van der Waals surface area contributed by atoms with Crippen molar-refractivity contribution in [3.63, 3.8) is 0 Å². The van der Waals surface area contributed by atoms with Crippen LogP contribution in [0, 0.1) is 0 Å². The van der Waals surface area contributed by atoms with Crippen LogP contribution in [0.5, 0.6) is 0 Å². The Hall–Kier alpha value is -3.68. The summed E-state index contributed by atoms with van der Waals surface area (Å²) < 4.78 is 0. The van der Waals surface area contributed by atoms with Gasteiger partial charge >= 0.3 is 12.1 Å². The monoisotopic (exact) mass is 376 g/mol. The van der Waals surface area contributed by atoms with Gasteiger partial charge in [-0.25, -0.2) is 9.59 Å². The second-order valence-electron chi connectivity index (χ2n) is 7.16. The third-order valence-electron chi connectivity index (χ3n) is 6.09. The number of imide groups is 2. The summed E-state index contributed by atoms with van der Waals surface area (Å²) in [5.41, 5.74) is -1.65. The van der Waals surface area contributed by atoms with Crippen molar-refractivity contribution >= 4 is 23.9 Å². The second-order valence-corrected chi connectivity index (χ2v) is 7.16. The largest absolute Gasteiger partial charge is 0.331 e. The fraction of sp³-hybridized carbons (Fsp3) is 0.200. The van der Waals surface area contributed by atoms with Crippen LogP contribution in [0.4, 0.5) is 9.59 Å². The van der Waals surface area contributed by atoms with Crippen molar-refractivity contribution in [1.29, 1.82) is 0 Å². The summed E-state index contributed by atoms with van der Waals surface area (Å²) in [6.45, 7) is 0. The molecule has 0 aromatic heterocycles. The summed E-state index contributed by atoms with van der Waals surface area (Å²) in [5.74, 6) is -1.14. The molecule has 140 valence electrons. The molecule has 4 N–H and O–H groups in total. The Morgan fingerprint density at radius 3 is 1.29 bits per heavy atom. The van der Waals surface area contributed by atoms with Crippen molar-refractivity contribution in [3.8, 4) is 0 Å². The van der Waals surface area contributed by atoms with E-state index in [1.54, 1.807) is 48.5 Å². The normalized spacial score (nSPS) is 33.3. The lowest BCUT2D eigenvalue weighted by atomic mass is 9.37. The number of rotatable bonds is 2. The van der Waals surface area contributed by atoms with Gasteiger partial charge in [-0.1, -0.05) is 60.7 Å². The molecule has 0 bridgehead atoms. The van der Waals surface area contributed by atoms with Gasteiger partial charge < -0.3 is 10.6 Å². The summed E-state index contributed by atoms with van der Waals surface area (Å²) in [6, 6.07) is 14.9. The summed E-state index contributed by atoms with van der Waals surface area (Å²) in [4.78, 5) is 50.9. The van der Waals surface area contributed by atoms with Gasteiger partial charge in [0.25, 0.3) is 0 Å². The maximum atomic E-state index is 13.4. The number of amides is 6. The van der Waals surface area contributed by atoms with Gasteiger partial charge in [-0.15, -0.1) is 0 Å². The minimum atomic E-state index is -1.41. The molecule has 2 aliphatic heterocycles. The van der Waals surface area contributed by atoms with E-state index in [0.717, 1.165) is 0 Å². The van der Waals surface area contributed by atoms with Gasteiger partial charge in [-0.3, -0.25) is 20.2 Å². The fourth-order valence-corrected chi connectivity index (χ4v) is 5.15. The fourth-order valence-electron chi connectivity index (χ4n) is 5.15. The lowest BCUT2D eigenvalue weighted by Crippen LogP contribution is -2.95. The van der Waals surface area contributed by atoms with Crippen molar-refractivity contribution in [1.82, 2.24) is 21.3 Å². The van der Waals surface area contributed by atoms with E-state index >= 15 is 0 Å². The highest BCUT2D eigenvalue weighted by molar-refractivity contribution is 6.16. The number of hydrogen-bond acceptors (Lipinski definition) is 4. The molecule has 28 heavy (non-hydrogen) atoms. The van der Waals surface area contributed by atoms with Crippen LogP contribution in [-0.2, 0) is 20.4 Å². The first kappa shape index (κ1) is 16.5. The molecule has 8 nitrogen and oxygen atoms in total. The van der Waals surface area contributed by atoms with E-state index < -0.39 is 46.8 Å². The van der Waals surface area contributed by atoms with E-state index in [1.807, 2.05) is 12.1 Å². The molecule has 0 radical (unpaired) electrons. The van der Waals surface area contributed by atoms with Crippen LogP contribution in [-0.4, -0.2) is 36.0 Å². The van der Waals surface area contributed by atoms with E-state index in [1.165, 1.54) is 0 Å². The summed E-state index contributed by atoms with van der Waals surface area (Å²) in [7, 11) is 0. The predicted octanol–water partition coefficient (Wildman–Crippen LogP) is 0.292. The number of fused-ring (bicyclic) bond motifs is 4. The Kier molecular flexibility index (Phi) is 3.19.